The van der Waals surface area contributed by atoms with Crippen LogP contribution in [0.3, 0.4) is 0 Å². The first-order valence-electron chi connectivity index (χ1n) is 14.4. The lowest BCUT2D eigenvalue weighted by molar-refractivity contribution is 0.184. The third-order valence-corrected chi connectivity index (χ3v) is 9.68. The molecule has 0 saturated heterocycles. The minimum Gasteiger partial charge on any atom is -0.442 e. The van der Waals surface area contributed by atoms with Crippen LogP contribution in [0.1, 0.15) is 38.8 Å². The first kappa shape index (κ1) is 31.8. The molecule has 0 N–H and O–H groups in total. The third kappa shape index (κ3) is 8.33. The van der Waals surface area contributed by atoms with E-state index in [1.807, 2.05) is 66.7 Å². The lowest BCUT2D eigenvalue weighted by atomic mass is 9.78. The van der Waals surface area contributed by atoms with Gasteiger partial charge >= 0.3 is 21.2 Å². The summed E-state index contributed by atoms with van der Waals surface area (Å²) in [6.07, 6.45) is 0. The summed E-state index contributed by atoms with van der Waals surface area (Å²) in [7, 11) is -6.28. The van der Waals surface area contributed by atoms with E-state index in [0.717, 1.165) is 11.1 Å². The Morgan fingerprint density at radius 3 is 1.27 bits per heavy atom. The van der Waals surface area contributed by atoms with E-state index < -0.39 is 26.6 Å². The van der Waals surface area contributed by atoms with E-state index in [-0.39, 0.29) is 0 Å². The number of phosphoric ester groups is 1. The van der Waals surface area contributed by atoms with Crippen molar-refractivity contribution in [1.82, 2.24) is 0 Å². The van der Waals surface area contributed by atoms with Crippen LogP contribution in [0, 0.1) is 0 Å². The van der Waals surface area contributed by atoms with Crippen molar-refractivity contribution in [3.05, 3.63) is 151 Å². The van der Waals surface area contributed by atoms with Gasteiger partial charge in [0.05, 0.1) is 0 Å². The molecule has 5 aromatic rings. The van der Waals surface area contributed by atoms with Crippen molar-refractivity contribution >= 4 is 15.9 Å². The molecule has 0 heterocycles. The Kier molecular flexibility index (Phi) is 9.63. The number of ether oxygens (including phenoxy) is 1. The summed E-state index contributed by atoms with van der Waals surface area (Å²) in [6.45, 7) is 7.67. The van der Waals surface area contributed by atoms with Gasteiger partial charge in [0.15, 0.2) is 5.75 Å². The Balaban J connectivity index is 1.27. The minimum atomic E-state index is -4.10. The van der Waals surface area contributed by atoms with Crippen molar-refractivity contribution in [3.8, 4) is 28.7 Å². The second kappa shape index (κ2) is 13.6. The average Bonchev–Trinajstić information content (AvgIpc) is 3.02. The van der Waals surface area contributed by atoms with Crippen molar-refractivity contribution < 1.29 is 32.0 Å². The minimum absolute atomic E-state index is 0.331. The van der Waals surface area contributed by atoms with Crippen LogP contribution in [0.5, 0.6) is 28.7 Å². The van der Waals surface area contributed by atoms with Gasteiger partial charge in [-0.1, -0.05) is 92.7 Å². The molecule has 1 unspecified atom stereocenters. The van der Waals surface area contributed by atoms with E-state index in [4.69, 9.17) is 22.8 Å². The molecular formula is C36H35O7P2+. The largest absolute Gasteiger partial charge is 0.647 e. The number of rotatable bonds is 13. The van der Waals surface area contributed by atoms with Gasteiger partial charge in [0.1, 0.15) is 23.0 Å². The summed E-state index contributed by atoms with van der Waals surface area (Å²) in [5.41, 5.74) is 1.61. The zero-order valence-electron chi connectivity index (χ0n) is 25.5. The molecule has 0 bridgehead atoms. The molecule has 0 spiro atoms. The van der Waals surface area contributed by atoms with Gasteiger partial charge in [-0.05, 0) is 76.4 Å². The average molecular weight is 642 g/mol. The maximum absolute atomic E-state index is 13.8. The topological polar surface area (TPSA) is 80.3 Å². The van der Waals surface area contributed by atoms with Crippen molar-refractivity contribution in [2.75, 3.05) is 0 Å². The van der Waals surface area contributed by atoms with Gasteiger partial charge in [0, 0.05) is 19.3 Å². The maximum Gasteiger partial charge on any atom is 0.647 e. The van der Waals surface area contributed by atoms with Crippen LogP contribution in [0.25, 0.3) is 0 Å². The molecule has 0 saturated carbocycles. The number of benzene rings is 5. The lowest BCUT2D eigenvalue weighted by Crippen LogP contribution is -2.25. The molecule has 45 heavy (non-hydrogen) atoms. The second-order valence-electron chi connectivity index (χ2n) is 11.2. The molecular weight excluding hydrogens is 606 g/mol. The number of phosphoric acid groups is 1. The van der Waals surface area contributed by atoms with E-state index in [1.165, 1.54) is 0 Å². The van der Waals surface area contributed by atoms with E-state index in [9.17, 15) is 9.13 Å². The quantitative estimate of drug-likeness (QED) is 0.118. The molecule has 0 fully saturated rings. The Bertz CT molecular complexity index is 1700. The van der Waals surface area contributed by atoms with Gasteiger partial charge in [-0.15, -0.1) is 0 Å². The fraction of sp³-hybridized carbons (Fsp3) is 0.167. The van der Waals surface area contributed by atoms with E-state index in [1.54, 1.807) is 86.6 Å². The number of para-hydroxylation sites is 3. The summed E-state index contributed by atoms with van der Waals surface area (Å²) in [5, 5.41) is -1.03. The zero-order valence-corrected chi connectivity index (χ0v) is 27.3. The SMILES string of the molecule is CC(C)(c1ccc(O[P+](=O)C(C)(C)Oc2ccccc2)cc1)c1ccc(OP(=O)(Oc2ccccc2)Oc2ccccc2)cc1. The highest BCUT2D eigenvalue weighted by Gasteiger charge is 2.46. The van der Waals surface area contributed by atoms with Crippen LogP contribution in [0.2, 0.25) is 0 Å². The Hall–Kier alpha value is -4.57. The highest BCUT2D eigenvalue weighted by molar-refractivity contribution is 7.49. The summed E-state index contributed by atoms with van der Waals surface area (Å²) in [4.78, 5) is 0. The Labute approximate surface area is 265 Å². The Morgan fingerprint density at radius 1 is 0.489 bits per heavy atom. The predicted molar refractivity (Wildman–Crippen MR) is 177 cm³/mol. The van der Waals surface area contributed by atoms with Crippen molar-refractivity contribution in [2.24, 2.45) is 0 Å². The fourth-order valence-electron chi connectivity index (χ4n) is 4.46. The molecule has 0 amide bonds. The van der Waals surface area contributed by atoms with Gasteiger partial charge < -0.3 is 18.3 Å². The predicted octanol–water partition coefficient (Wildman–Crippen LogP) is 10.6. The summed E-state index contributed by atoms with van der Waals surface area (Å²) in [5.74, 6) is 2.16. The molecule has 0 radical (unpaired) electrons. The highest BCUT2D eigenvalue weighted by atomic mass is 31.2. The fourth-order valence-corrected chi connectivity index (χ4v) is 6.42. The standard InChI is InChI=1S/C36H35O7P2/c1-35(2,28-20-24-31(25-21-28)40-44(37)36(3,4)39-30-14-8-5-9-15-30)29-22-26-34(27-23-29)43-45(38,41-32-16-10-6-11-17-32)42-33-18-12-7-13-19-33/h5-27H,1-4H3/q+1. The summed E-state index contributed by atoms with van der Waals surface area (Å²) in [6, 6.07) is 41.6. The van der Waals surface area contributed by atoms with Crippen LogP contribution in [-0.4, -0.2) is 5.34 Å². The summed E-state index contributed by atoms with van der Waals surface area (Å²) < 4.78 is 55.8. The van der Waals surface area contributed by atoms with Crippen LogP contribution in [0.15, 0.2) is 140 Å². The molecule has 5 aromatic carbocycles. The maximum atomic E-state index is 13.8. The molecule has 0 aliphatic rings. The van der Waals surface area contributed by atoms with Crippen molar-refractivity contribution in [1.29, 1.82) is 0 Å². The normalized spacial score (nSPS) is 12.1. The molecule has 0 aliphatic heterocycles. The first-order chi connectivity index (χ1) is 21.5. The van der Waals surface area contributed by atoms with Crippen LogP contribution in [0.4, 0.5) is 0 Å². The first-order valence-corrected chi connectivity index (χ1v) is 17.1. The number of hydrogen-bond acceptors (Lipinski definition) is 7. The molecule has 230 valence electrons. The molecule has 0 aliphatic carbocycles. The molecule has 1 atom stereocenters. The summed E-state index contributed by atoms with van der Waals surface area (Å²) >= 11 is 0. The van der Waals surface area contributed by atoms with Crippen LogP contribution >= 0.6 is 15.9 Å². The van der Waals surface area contributed by atoms with Gasteiger partial charge in [-0.25, -0.2) is 0 Å². The van der Waals surface area contributed by atoms with Crippen LogP contribution in [-0.2, 0) is 14.5 Å². The van der Waals surface area contributed by atoms with E-state index in [0.29, 0.717) is 28.7 Å². The van der Waals surface area contributed by atoms with Gasteiger partial charge in [-0.3, -0.25) is 4.52 Å². The van der Waals surface area contributed by atoms with Crippen LogP contribution < -0.4 is 22.8 Å². The zero-order chi connectivity index (χ0) is 31.9. The van der Waals surface area contributed by atoms with Crippen molar-refractivity contribution in [3.63, 3.8) is 0 Å². The van der Waals surface area contributed by atoms with E-state index >= 15 is 0 Å². The van der Waals surface area contributed by atoms with Gasteiger partial charge in [0.2, 0.25) is 0 Å². The molecule has 0 aromatic heterocycles. The Morgan fingerprint density at radius 2 is 0.844 bits per heavy atom. The lowest BCUT2D eigenvalue weighted by Gasteiger charge is -2.26. The molecule has 7 nitrogen and oxygen atoms in total. The highest BCUT2D eigenvalue weighted by Crippen LogP contribution is 2.50. The molecule has 5 rings (SSSR count). The van der Waals surface area contributed by atoms with Gasteiger partial charge in [0.25, 0.3) is 0 Å². The third-order valence-electron chi connectivity index (χ3n) is 7.03. The second-order valence-corrected chi connectivity index (χ2v) is 14.4. The van der Waals surface area contributed by atoms with Gasteiger partial charge in [-0.2, -0.15) is 4.57 Å². The van der Waals surface area contributed by atoms with Crippen molar-refractivity contribution in [2.45, 2.75) is 38.5 Å². The number of hydrogen-bond donors (Lipinski definition) is 0. The monoisotopic (exact) mass is 641 g/mol. The smallest absolute Gasteiger partial charge is 0.442 e. The molecule has 9 heteroatoms. The van der Waals surface area contributed by atoms with E-state index in [2.05, 4.69) is 13.8 Å².